The van der Waals surface area contributed by atoms with Crippen molar-refractivity contribution in [3.05, 3.63) is 18.2 Å². The van der Waals surface area contributed by atoms with Gasteiger partial charge < -0.3 is 10.5 Å². The van der Waals surface area contributed by atoms with Crippen molar-refractivity contribution in [3.8, 4) is 5.75 Å². The zero-order valence-corrected chi connectivity index (χ0v) is 11.4. The zero-order valence-electron chi connectivity index (χ0n) is 10.6. The summed E-state index contributed by atoms with van der Waals surface area (Å²) >= 11 is 0. The Morgan fingerprint density at radius 1 is 1.44 bits per heavy atom. The van der Waals surface area contributed by atoms with Crippen LogP contribution in [0.2, 0.25) is 0 Å². The van der Waals surface area contributed by atoms with E-state index in [4.69, 9.17) is 10.5 Å². The van der Waals surface area contributed by atoms with E-state index in [1.807, 2.05) is 0 Å². The van der Waals surface area contributed by atoms with Crippen molar-refractivity contribution >= 4 is 15.7 Å². The number of ether oxygens (including phenoxy) is 1. The highest BCUT2D eigenvalue weighted by molar-refractivity contribution is 7.89. The van der Waals surface area contributed by atoms with E-state index in [1.54, 1.807) is 12.1 Å². The Hall–Kier alpha value is -1.27. The van der Waals surface area contributed by atoms with E-state index in [9.17, 15) is 8.42 Å². The molecule has 0 unspecified atom stereocenters. The number of nitrogens with two attached hydrogens (primary N) is 1. The van der Waals surface area contributed by atoms with Gasteiger partial charge in [0, 0.05) is 12.2 Å². The summed E-state index contributed by atoms with van der Waals surface area (Å²) < 4.78 is 32.1. The molecule has 0 radical (unpaired) electrons. The molecule has 0 aliphatic heterocycles. The number of hydrogen-bond acceptors (Lipinski definition) is 4. The van der Waals surface area contributed by atoms with Crippen molar-refractivity contribution in [2.24, 2.45) is 5.41 Å². The molecule has 5 nitrogen and oxygen atoms in total. The molecule has 1 aliphatic rings. The minimum absolute atomic E-state index is 0.0919. The lowest BCUT2D eigenvalue weighted by Gasteiger charge is -2.13. The van der Waals surface area contributed by atoms with Gasteiger partial charge in [0.2, 0.25) is 10.0 Å². The standard InChI is InChI=1S/C12H18N2O3S/c1-12(5-6-12)8-14-18(15,16)11-7-9(13)3-4-10(11)17-2/h3-4,7,14H,5-6,8,13H2,1-2H3. The number of benzene rings is 1. The molecule has 0 heterocycles. The second-order valence-electron chi connectivity index (χ2n) is 5.05. The van der Waals surface area contributed by atoms with Gasteiger partial charge in [-0.1, -0.05) is 6.92 Å². The molecule has 2 rings (SSSR count). The normalized spacial score (nSPS) is 17.4. The summed E-state index contributed by atoms with van der Waals surface area (Å²) in [6, 6.07) is 4.58. The number of methoxy groups -OCH3 is 1. The first-order valence-corrected chi connectivity index (χ1v) is 7.28. The lowest BCUT2D eigenvalue weighted by Crippen LogP contribution is -2.29. The lowest BCUT2D eigenvalue weighted by atomic mass is 10.2. The monoisotopic (exact) mass is 270 g/mol. The van der Waals surface area contributed by atoms with Gasteiger partial charge in [0.15, 0.2) is 0 Å². The molecule has 0 bridgehead atoms. The molecule has 0 atom stereocenters. The largest absolute Gasteiger partial charge is 0.495 e. The number of nitrogen functional groups attached to an aromatic ring is 1. The highest BCUT2D eigenvalue weighted by atomic mass is 32.2. The van der Waals surface area contributed by atoms with Crippen LogP contribution < -0.4 is 15.2 Å². The van der Waals surface area contributed by atoms with Crippen LogP contribution in [0.3, 0.4) is 0 Å². The molecule has 18 heavy (non-hydrogen) atoms. The summed E-state index contributed by atoms with van der Waals surface area (Å²) in [5, 5.41) is 0. The number of hydrogen-bond donors (Lipinski definition) is 2. The maximum absolute atomic E-state index is 12.2. The first kappa shape index (κ1) is 13.2. The van der Waals surface area contributed by atoms with Crippen LogP contribution in [-0.4, -0.2) is 22.1 Å². The minimum atomic E-state index is -3.57. The van der Waals surface area contributed by atoms with E-state index >= 15 is 0 Å². The topological polar surface area (TPSA) is 81.4 Å². The van der Waals surface area contributed by atoms with E-state index in [0.29, 0.717) is 18.0 Å². The Labute approximate surface area is 107 Å². The number of nitrogens with one attached hydrogen (secondary N) is 1. The molecule has 6 heteroatoms. The Bertz CT molecular complexity index is 550. The summed E-state index contributed by atoms with van der Waals surface area (Å²) in [6.07, 6.45) is 2.12. The number of sulfonamides is 1. The van der Waals surface area contributed by atoms with E-state index < -0.39 is 10.0 Å². The molecular formula is C12H18N2O3S. The van der Waals surface area contributed by atoms with Crippen molar-refractivity contribution in [2.75, 3.05) is 19.4 Å². The average molecular weight is 270 g/mol. The second kappa shape index (κ2) is 4.44. The van der Waals surface area contributed by atoms with E-state index in [-0.39, 0.29) is 10.3 Å². The predicted molar refractivity (Wildman–Crippen MR) is 69.9 cm³/mol. The summed E-state index contributed by atoms with van der Waals surface area (Å²) in [7, 11) is -2.14. The van der Waals surface area contributed by atoms with E-state index in [1.165, 1.54) is 13.2 Å². The summed E-state index contributed by atoms with van der Waals surface area (Å²) in [6.45, 7) is 2.51. The van der Waals surface area contributed by atoms with Gasteiger partial charge in [0.1, 0.15) is 10.6 Å². The molecule has 1 saturated carbocycles. The fourth-order valence-corrected chi connectivity index (χ4v) is 3.04. The Morgan fingerprint density at radius 2 is 2.11 bits per heavy atom. The third kappa shape index (κ3) is 2.76. The van der Waals surface area contributed by atoms with E-state index in [0.717, 1.165) is 12.8 Å². The zero-order chi connectivity index (χ0) is 13.4. The van der Waals surface area contributed by atoms with Crippen molar-refractivity contribution in [3.63, 3.8) is 0 Å². The first-order valence-electron chi connectivity index (χ1n) is 5.79. The first-order chi connectivity index (χ1) is 8.36. The fourth-order valence-electron chi connectivity index (χ4n) is 1.64. The Morgan fingerprint density at radius 3 is 2.67 bits per heavy atom. The molecule has 3 N–H and O–H groups in total. The van der Waals surface area contributed by atoms with Crippen molar-refractivity contribution in [1.29, 1.82) is 0 Å². The quantitative estimate of drug-likeness (QED) is 0.791. The molecule has 1 aromatic rings. The fraction of sp³-hybridized carbons (Fsp3) is 0.500. The Balaban J connectivity index is 2.25. The van der Waals surface area contributed by atoms with Crippen molar-refractivity contribution in [1.82, 2.24) is 4.72 Å². The predicted octanol–water partition coefficient (Wildman–Crippen LogP) is 1.36. The van der Waals surface area contributed by atoms with Crippen LogP contribution in [0, 0.1) is 5.41 Å². The van der Waals surface area contributed by atoms with Gasteiger partial charge in [-0.25, -0.2) is 13.1 Å². The lowest BCUT2D eigenvalue weighted by molar-refractivity contribution is 0.402. The summed E-state index contributed by atoms with van der Waals surface area (Å²) in [4.78, 5) is 0.0919. The van der Waals surface area contributed by atoms with Crippen LogP contribution in [-0.2, 0) is 10.0 Å². The molecule has 0 aromatic heterocycles. The van der Waals surface area contributed by atoms with Crippen LogP contribution in [0.4, 0.5) is 5.69 Å². The molecule has 1 aliphatic carbocycles. The molecular weight excluding hydrogens is 252 g/mol. The molecule has 0 amide bonds. The maximum atomic E-state index is 12.2. The summed E-state index contributed by atoms with van der Waals surface area (Å²) in [5.74, 6) is 0.303. The van der Waals surface area contributed by atoms with Crippen LogP contribution in [0.5, 0.6) is 5.75 Å². The third-order valence-corrected chi connectivity index (χ3v) is 4.69. The Kier molecular flexibility index (Phi) is 3.25. The van der Waals surface area contributed by atoms with Crippen molar-refractivity contribution < 1.29 is 13.2 Å². The number of rotatable bonds is 5. The van der Waals surface area contributed by atoms with Crippen molar-refractivity contribution in [2.45, 2.75) is 24.7 Å². The van der Waals surface area contributed by atoms with Crippen LogP contribution in [0.15, 0.2) is 23.1 Å². The second-order valence-corrected chi connectivity index (χ2v) is 6.78. The highest BCUT2D eigenvalue weighted by Crippen LogP contribution is 2.44. The maximum Gasteiger partial charge on any atom is 0.244 e. The van der Waals surface area contributed by atoms with Gasteiger partial charge in [-0.05, 0) is 36.5 Å². The van der Waals surface area contributed by atoms with E-state index in [2.05, 4.69) is 11.6 Å². The van der Waals surface area contributed by atoms with Crippen LogP contribution in [0.1, 0.15) is 19.8 Å². The molecule has 1 fully saturated rings. The number of anilines is 1. The van der Waals surface area contributed by atoms with Gasteiger partial charge >= 0.3 is 0 Å². The average Bonchev–Trinajstić information content (AvgIpc) is 3.06. The van der Waals surface area contributed by atoms with Gasteiger partial charge in [0.05, 0.1) is 7.11 Å². The molecule has 1 aromatic carbocycles. The van der Waals surface area contributed by atoms with Gasteiger partial charge in [-0.15, -0.1) is 0 Å². The van der Waals surface area contributed by atoms with Gasteiger partial charge in [-0.3, -0.25) is 0 Å². The minimum Gasteiger partial charge on any atom is -0.495 e. The van der Waals surface area contributed by atoms with Crippen LogP contribution >= 0.6 is 0 Å². The SMILES string of the molecule is COc1ccc(N)cc1S(=O)(=O)NCC1(C)CC1. The highest BCUT2D eigenvalue weighted by Gasteiger charge is 2.38. The summed E-state index contributed by atoms with van der Waals surface area (Å²) in [5.41, 5.74) is 6.13. The molecule has 0 saturated heterocycles. The van der Waals surface area contributed by atoms with Gasteiger partial charge in [-0.2, -0.15) is 0 Å². The van der Waals surface area contributed by atoms with Crippen LogP contribution in [0.25, 0.3) is 0 Å². The molecule has 100 valence electrons. The smallest absolute Gasteiger partial charge is 0.244 e. The van der Waals surface area contributed by atoms with Gasteiger partial charge in [0.25, 0.3) is 0 Å². The third-order valence-electron chi connectivity index (χ3n) is 3.27. The molecule has 0 spiro atoms.